The summed E-state index contributed by atoms with van der Waals surface area (Å²) >= 11 is 0. The third-order valence-corrected chi connectivity index (χ3v) is 5.48. The van der Waals surface area contributed by atoms with Gasteiger partial charge in [-0.25, -0.2) is 4.98 Å². The number of likely N-dealkylation sites (N-methyl/N-ethyl adjacent to an activating group) is 1. The van der Waals surface area contributed by atoms with Gasteiger partial charge in [-0.1, -0.05) is 18.2 Å². The summed E-state index contributed by atoms with van der Waals surface area (Å²) in [4.78, 5) is 23.4. The zero-order chi connectivity index (χ0) is 23.4. The van der Waals surface area contributed by atoms with Gasteiger partial charge in [0, 0.05) is 43.3 Å². The van der Waals surface area contributed by atoms with E-state index < -0.39 is 0 Å². The number of carbonyl (C=O) groups is 1. The zero-order valence-corrected chi connectivity index (χ0v) is 19.3. The lowest BCUT2D eigenvalue weighted by Gasteiger charge is -2.35. The van der Waals surface area contributed by atoms with E-state index in [1.807, 2.05) is 51.5 Å². The van der Waals surface area contributed by atoms with E-state index in [4.69, 9.17) is 9.47 Å². The standard InChI is InChI=1S/C25H30N4O4/c1-27(2)17-28(3)15-21-16-29(11-12-32-21)25(31)23-24(30)22-10-9-20(13-18(22)14-26-23)33-19-7-5-4-6-8-19/h4-10,13-14,21,30H,11-12,15-17H2,1-3H3. The predicted molar refractivity (Wildman–Crippen MR) is 127 cm³/mol. The summed E-state index contributed by atoms with van der Waals surface area (Å²) in [6.45, 7) is 2.90. The highest BCUT2D eigenvalue weighted by Crippen LogP contribution is 2.32. The molecule has 8 heteroatoms. The molecule has 0 saturated carbocycles. The highest BCUT2D eigenvalue weighted by atomic mass is 16.5. The minimum Gasteiger partial charge on any atom is -0.505 e. The lowest BCUT2D eigenvalue weighted by molar-refractivity contribution is -0.0367. The molecule has 1 amide bonds. The van der Waals surface area contributed by atoms with E-state index in [9.17, 15) is 9.90 Å². The van der Waals surface area contributed by atoms with E-state index in [0.29, 0.717) is 42.8 Å². The van der Waals surface area contributed by atoms with Gasteiger partial charge in [0.25, 0.3) is 5.91 Å². The quantitative estimate of drug-likeness (QED) is 0.555. The molecule has 2 aromatic carbocycles. The first-order valence-corrected chi connectivity index (χ1v) is 11.0. The first-order valence-electron chi connectivity index (χ1n) is 11.0. The van der Waals surface area contributed by atoms with Crippen LogP contribution in [0.25, 0.3) is 10.8 Å². The minimum absolute atomic E-state index is 0.0570. The summed E-state index contributed by atoms with van der Waals surface area (Å²) in [7, 11) is 6.05. The molecule has 2 heterocycles. The Kier molecular flexibility index (Phi) is 7.08. The van der Waals surface area contributed by atoms with Crippen LogP contribution in [0, 0.1) is 0 Å². The lowest BCUT2D eigenvalue weighted by Crippen LogP contribution is -2.50. The average molecular weight is 451 g/mol. The second-order valence-electron chi connectivity index (χ2n) is 8.62. The fourth-order valence-corrected chi connectivity index (χ4v) is 4.08. The Labute approximate surface area is 193 Å². The van der Waals surface area contributed by atoms with Crippen molar-refractivity contribution in [3.8, 4) is 17.2 Å². The molecule has 174 valence electrons. The monoisotopic (exact) mass is 450 g/mol. The molecule has 4 rings (SSSR count). The van der Waals surface area contributed by atoms with Crippen LogP contribution in [0.2, 0.25) is 0 Å². The Bertz CT molecular complexity index is 1110. The summed E-state index contributed by atoms with van der Waals surface area (Å²) in [5.41, 5.74) is 0.0570. The fourth-order valence-electron chi connectivity index (χ4n) is 4.08. The van der Waals surface area contributed by atoms with Gasteiger partial charge in [-0.15, -0.1) is 0 Å². The fraction of sp³-hybridized carbons (Fsp3) is 0.360. The number of amides is 1. The second-order valence-corrected chi connectivity index (χ2v) is 8.62. The number of morpholine rings is 1. The molecule has 1 fully saturated rings. The number of aromatic nitrogens is 1. The number of fused-ring (bicyclic) bond motifs is 1. The van der Waals surface area contributed by atoms with Gasteiger partial charge in [0.05, 0.1) is 12.7 Å². The molecular formula is C25H30N4O4. The molecule has 1 aliphatic rings. The van der Waals surface area contributed by atoms with E-state index in [2.05, 4.69) is 14.8 Å². The molecule has 0 radical (unpaired) electrons. The van der Waals surface area contributed by atoms with E-state index in [0.717, 1.165) is 12.4 Å². The molecule has 0 bridgehead atoms. The first-order chi connectivity index (χ1) is 15.9. The van der Waals surface area contributed by atoms with Crippen molar-refractivity contribution in [3.63, 3.8) is 0 Å². The number of aromatic hydroxyl groups is 1. The highest BCUT2D eigenvalue weighted by molar-refractivity contribution is 6.01. The Morgan fingerprint density at radius 1 is 1.18 bits per heavy atom. The van der Waals surface area contributed by atoms with Gasteiger partial charge in [0.2, 0.25) is 0 Å². The van der Waals surface area contributed by atoms with Crippen molar-refractivity contribution in [3.05, 3.63) is 60.4 Å². The summed E-state index contributed by atoms with van der Waals surface area (Å²) in [5, 5.41) is 12.1. The van der Waals surface area contributed by atoms with Crippen molar-refractivity contribution in [2.24, 2.45) is 0 Å². The molecule has 1 unspecified atom stereocenters. The Hall–Kier alpha value is -3.20. The zero-order valence-electron chi connectivity index (χ0n) is 19.3. The Morgan fingerprint density at radius 3 is 2.73 bits per heavy atom. The van der Waals surface area contributed by atoms with Crippen LogP contribution in [0.1, 0.15) is 10.5 Å². The van der Waals surface area contributed by atoms with Crippen LogP contribution in [-0.2, 0) is 4.74 Å². The summed E-state index contributed by atoms with van der Waals surface area (Å²) in [6, 6.07) is 14.8. The predicted octanol–water partition coefficient (Wildman–Crippen LogP) is 3.02. The maximum Gasteiger partial charge on any atom is 0.276 e. The van der Waals surface area contributed by atoms with Crippen LogP contribution in [0.5, 0.6) is 17.2 Å². The van der Waals surface area contributed by atoms with Crippen molar-refractivity contribution >= 4 is 16.7 Å². The van der Waals surface area contributed by atoms with Gasteiger partial charge in [-0.2, -0.15) is 0 Å². The Balaban J connectivity index is 1.48. The number of benzene rings is 2. The van der Waals surface area contributed by atoms with E-state index in [1.165, 1.54) is 0 Å². The van der Waals surface area contributed by atoms with Crippen molar-refractivity contribution < 1.29 is 19.4 Å². The largest absolute Gasteiger partial charge is 0.505 e. The summed E-state index contributed by atoms with van der Waals surface area (Å²) in [5.74, 6) is 0.949. The van der Waals surface area contributed by atoms with Crippen molar-refractivity contribution in [2.75, 3.05) is 54.1 Å². The molecular weight excluding hydrogens is 420 g/mol. The van der Waals surface area contributed by atoms with E-state index in [1.54, 1.807) is 29.3 Å². The smallest absolute Gasteiger partial charge is 0.276 e. The van der Waals surface area contributed by atoms with Crippen LogP contribution < -0.4 is 4.74 Å². The maximum absolute atomic E-state index is 13.2. The van der Waals surface area contributed by atoms with Gasteiger partial charge in [-0.05, 0) is 51.5 Å². The van der Waals surface area contributed by atoms with Crippen molar-refractivity contribution in [1.29, 1.82) is 0 Å². The second kappa shape index (κ2) is 10.2. The summed E-state index contributed by atoms with van der Waals surface area (Å²) < 4.78 is 11.7. The molecule has 1 N–H and O–H groups in total. The first kappa shape index (κ1) is 23.0. The number of carbonyl (C=O) groups excluding carboxylic acids is 1. The van der Waals surface area contributed by atoms with E-state index >= 15 is 0 Å². The lowest BCUT2D eigenvalue weighted by atomic mass is 10.1. The molecule has 1 aliphatic heterocycles. The molecule has 1 saturated heterocycles. The SMILES string of the molecule is CN(C)CN(C)CC1CN(C(=O)c2ncc3cc(Oc4ccccc4)ccc3c2O)CCO1. The van der Waals surface area contributed by atoms with Gasteiger partial charge >= 0.3 is 0 Å². The number of nitrogens with zero attached hydrogens (tertiary/aromatic N) is 4. The number of hydrogen-bond donors (Lipinski definition) is 1. The van der Waals surface area contributed by atoms with Crippen LogP contribution in [-0.4, -0.2) is 90.9 Å². The molecule has 1 aromatic heterocycles. The summed E-state index contributed by atoms with van der Waals surface area (Å²) in [6.07, 6.45) is 1.51. The number of para-hydroxylation sites is 1. The van der Waals surface area contributed by atoms with Crippen LogP contribution in [0.3, 0.4) is 0 Å². The molecule has 0 aliphatic carbocycles. The molecule has 0 spiro atoms. The van der Waals surface area contributed by atoms with Gasteiger partial charge < -0.3 is 19.5 Å². The van der Waals surface area contributed by atoms with Gasteiger partial charge in [-0.3, -0.25) is 14.6 Å². The molecule has 8 nitrogen and oxygen atoms in total. The maximum atomic E-state index is 13.2. The number of hydrogen-bond acceptors (Lipinski definition) is 7. The van der Waals surface area contributed by atoms with Crippen LogP contribution >= 0.6 is 0 Å². The van der Waals surface area contributed by atoms with Crippen molar-refractivity contribution in [1.82, 2.24) is 19.7 Å². The Morgan fingerprint density at radius 2 is 1.97 bits per heavy atom. The molecule has 3 aromatic rings. The molecule has 33 heavy (non-hydrogen) atoms. The topological polar surface area (TPSA) is 78.4 Å². The van der Waals surface area contributed by atoms with E-state index in [-0.39, 0.29) is 23.5 Å². The third-order valence-electron chi connectivity index (χ3n) is 5.48. The van der Waals surface area contributed by atoms with Gasteiger partial charge in [0.1, 0.15) is 11.5 Å². The van der Waals surface area contributed by atoms with Crippen molar-refractivity contribution in [2.45, 2.75) is 6.10 Å². The highest BCUT2D eigenvalue weighted by Gasteiger charge is 2.28. The van der Waals surface area contributed by atoms with Crippen LogP contribution in [0.4, 0.5) is 0 Å². The normalized spacial score (nSPS) is 16.5. The molecule has 1 atom stereocenters. The average Bonchev–Trinajstić information content (AvgIpc) is 2.79. The van der Waals surface area contributed by atoms with Gasteiger partial charge in [0.15, 0.2) is 11.4 Å². The number of ether oxygens (including phenoxy) is 2. The third kappa shape index (κ3) is 5.60. The van der Waals surface area contributed by atoms with Crippen LogP contribution in [0.15, 0.2) is 54.7 Å². The minimum atomic E-state index is -0.289. The number of pyridine rings is 1. The number of rotatable bonds is 7.